The fourth-order valence-electron chi connectivity index (χ4n) is 2.38. The Morgan fingerprint density at radius 3 is 2.25 bits per heavy atom. The molecule has 2 amide bonds. The van der Waals surface area contributed by atoms with Crippen LogP contribution < -0.4 is 10.2 Å². The van der Waals surface area contributed by atoms with Crippen LogP contribution in [0, 0.1) is 0 Å². The molecule has 0 bridgehead atoms. The fourth-order valence-corrected chi connectivity index (χ4v) is 2.38. The molecule has 5 nitrogen and oxygen atoms in total. The Kier molecular flexibility index (Phi) is 4.09. The number of hydrogen-bond acceptors (Lipinski definition) is 3. The highest BCUT2D eigenvalue weighted by Gasteiger charge is 2.38. The lowest BCUT2D eigenvalue weighted by molar-refractivity contribution is -0.133. The van der Waals surface area contributed by atoms with Crippen LogP contribution in [0.2, 0.25) is 0 Å². The van der Waals surface area contributed by atoms with E-state index < -0.39 is 5.60 Å². The van der Waals surface area contributed by atoms with Gasteiger partial charge in [0.05, 0.1) is 0 Å². The normalized spacial score (nSPS) is 16.8. The molecule has 0 spiro atoms. The van der Waals surface area contributed by atoms with Gasteiger partial charge in [0.25, 0.3) is 5.91 Å². The van der Waals surface area contributed by atoms with E-state index in [0.29, 0.717) is 18.5 Å². The molecule has 20 heavy (non-hydrogen) atoms. The molecule has 1 aliphatic rings. The van der Waals surface area contributed by atoms with Crippen molar-refractivity contribution in [1.82, 2.24) is 0 Å². The number of carbonyl (C=O) groups is 2. The summed E-state index contributed by atoms with van der Waals surface area (Å²) in [5.74, 6) is -0.398. The predicted octanol–water partition coefficient (Wildman–Crippen LogP) is 1.91. The predicted molar refractivity (Wildman–Crippen MR) is 77.6 cm³/mol. The Bertz CT molecular complexity index is 504. The number of anilines is 2. The molecule has 0 radical (unpaired) electrons. The van der Waals surface area contributed by atoms with Gasteiger partial charge in [-0.15, -0.1) is 0 Å². The number of benzene rings is 1. The third-order valence-electron chi connectivity index (χ3n) is 3.84. The van der Waals surface area contributed by atoms with Crippen molar-refractivity contribution in [3.63, 3.8) is 0 Å². The lowest BCUT2D eigenvalue weighted by Crippen LogP contribution is -2.40. The quantitative estimate of drug-likeness (QED) is 0.886. The van der Waals surface area contributed by atoms with Crippen LogP contribution in [0.4, 0.5) is 11.4 Å². The zero-order chi connectivity index (χ0) is 14.8. The molecule has 0 heterocycles. The van der Waals surface area contributed by atoms with Crippen molar-refractivity contribution in [2.75, 3.05) is 17.3 Å². The second-order valence-electron chi connectivity index (χ2n) is 5.32. The molecular weight excluding hydrogens is 256 g/mol. The number of nitrogens with one attached hydrogen (secondary N) is 1. The summed E-state index contributed by atoms with van der Waals surface area (Å²) in [5, 5.41) is 12.9. The van der Waals surface area contributed by atoms with Crippen molar-refractivity contribution >= 4 is 23.2 Å². The van der Waals surface area contributed by atoms with Gasteiger partial charge in [0, 0.05) is 25.3 Å². The largest absolute Gasteiger partial charge is 0.380 e. The van der Waals surface area contributed by atoms with Crippen molar-refractivity contribution in [3.8, 4) is 0 Å². The van der Waals surface area contributed by atoms with Crippen molar-refractivity contribution in [2.45, 2.75) is 38.2 Å². The molecule has 1 aliphatic carbocycles. The fraction of sp³-hybridized carbons (Fsp3) is 0.467. The average molecular weight is 276 g/mol. The molecule has 2 N–H and O–H groups in total. The van der Waals surface area contributed by atoms with Crippen molar-refractivity contribution in [1.29, 1.82) is 0 Å². The van der Waals surface area contributed by atoms with Crippen LogP contribution in [0.5, 0.6) is 0 Å². The van der Waals surface area contributed by atoms with E-state index in [0.717, 1.165) is 18.5 Å². The highest BCUT2D eigenvalue weighted by atomic mass is 16.3. The van der Waals surface area contributed by atoms with Gasteiger partial charge in [-0.1, -0.05) is 0 Å². The number of aliphatic hydroxyl groups is 1. The standard InChI is InChI=1S/C15H20N2O3/c1-11(18)17(2)13-7-5-12(6-8-13)16-14(19)15(20)9-3-4-10-15/h5-8,20H,3-4,9-10H2,1-2H3,(H,16,19). The van der Waals surface area contributed by atoms with E-state index in [1.54, 1.807) is 31.3 Å². The number of hydrogen-bond donors (Lipinski definition) is 2. The van der Waals surface area contributed by atoms with Crippen LogP contribution in [0.25, 0.3) is 0 Å². The SMILES string of the molecule is CC(=O)N(C)c1ccc(NC(=O)C2(O)CCCC2)cc1. The Morgan fingerprint density at radius 2 is 1.75 bits per heavy atom. The van der Waals surface area contributed by atoms with E-state index in [4.69, 9.17) is 0 Å². The molecule has 1 saturated carbocycles. The zero-order valence-corrected chi connectivity index (χ0v) is 11.8. The van der Waals surface area contributed by atoms with Crippen LogP contribution in [0.1, 0.15) is 32.6 Å². The van der Waals surface area contributed by atoms with E-state index in [1.807, 2.05) is 0 Å². The van der Waals surface area contributed by atoms with E-state index in [1.165, 1.54) is 11.8 Å². The lowest BCUT2D eigenvalue weighted by atomic mass is 10.0. The molecule has 5 heteroatoms. The van der Waals surface area contributed by atoms with E-state index in [2.05, 4.69) is 5.32 Å². The number of amides is 2. The second-order valence-corrected chi connectivity index (χ2v) is 5.32. The van der Waals surface area contributed by atoms with Crippen LogP contribution in [0.3, 0.4) is 0 Å². The highest BCUT2D eigenvalue weighted by molar-refractivity contribution is 5.97. The van der Waals surface area contributed by atoms with Gasteiger partial charge in [0.15, 0.2) is 0 Å². The van der Waals surface area contributed by atoms with Gasteiger partial charge in [0.2, 0.25) is 5.91 Å². The molecule has 0 saturated heterocycles. The summed E-state index contributed by atoms with van der Waals surface area (Å²) < 4.78 is 0. The van der Waals surface area contributed by atoms with E-state index in [9.17, 15) is 14.7 Å². The lowest BCUT2D eigenvalue weighted by Gasteiger charge is -2.21. The van der Waals surface area contributed by atoms with Gasteiger partial charge in [0.1, 0.15) is 5.60 Å². The Labute approximate surface area is 118 Å². The molecule has 0 aromatic heterocycles. The molecular formula is C15H20N2O3. The maximum Gasteiger partial charge on any atom is 0.256 e. The third kappa shape index (κ3) is 2.99. The Balaban J connectivity index is 2.04. The Hall–Kier alpha value is -1.88. The summed E-state index contributed by atoms with van der Waals surface area (Å²) in [7, 11) is 1.69. The topological polar surface area (TPSA) is 69.6 Å². The van der Waals surface area contributed by atoms with Crippen molar-refractivity contribution in [3.05, 3.63) is 24.3 Å². The average Bonchev–Trinajstić information content (AvgIpc) is 2.87. The minimum atomic E-state index is -1.23. The van der Waals surface area contributed by atoms with Crippen molar-refractivity contribution in [2.24, 2.45) is 0 Å². The summed E-state index contributed by atoms with van der Waals surface area (Å²) in [4.78, 5) is 24.8. The molecule has 2 rings (SSSR count). The summed E-state index contributed by atoms with van der Waals surface area (Å²) in [5.41, 5.74) is 0.153. The van der Waals surface area contributed by atoms with Crippen LogP contribution in [0.15, 0.2) is 24.3 Å². The smallest absolute Gasteiger partial charge is 0.256 e. The minimum absolute atomic E-state index is 0.0537. The second kappa shape index (κ2) is 5.63. The molecule has 108 valence electrons. The first-order chi connectivity index (χ1) is 9.42. The summed E-state index contributed by atoms with van der Waals surface area (Å²) in [6.07, 6.45) is 2.80. The summed E-state index contributed by atoms with van der Waals surface area (Å²) >= 11 is 0. The van der Waals surface area contributed by atoms with Gasteiger partial charge in [-0.3, -0.25) is 9.59 Å². The minimum Gasteiger partial charge on any atom is -0.380 e. The van der Waals surface area contributed by atoms with Gasteiger partial charge in [-0.2, -0.15) is 0 Å². The molecule has 1 fully saturated rings. The van der Waals surface area contributed by atoms with Crippen LogP contribution in [-0.2, 0) is 9.59 Å². The third-order valence-corrected chi connectivity index (χ3v) is 3.84. The molecule has 0 aliphatic heterocycles. The number of carbonyl (C=O) groups excluding carboxylic acids is 2. The number of rotatable bonds is 3. The monoisotopic (exact) mass is 276 g/mol. The highest BCUT2D eigenvalue weighted by Crippen LogP contribution is 2.30. The first-order valence-corrected chi connectivity index (χ1v) is 6.80. The van der Waals surface area contributed by atoms with Gasteiger partial charge < -0.3 is 15.3 Å². The molecule has 0 unspecified atom stereocenters. The molecule has 1 aromatic rings. The first-order valence-electron chi connectivity index (χ1n) is 6.80. The van der Waals surface area contributed by atoms with E-state index in [-0.39, 0.29) is 11.8 Å². The Morgan fingerprint density at radius 1 is 1.20 bits per heavy atom. The van der Waals surface area contributed by atoms with Crippen molar-refractivity contribution < 1.29 is 14.7 Å². The summed E-state index contributed by atoms with van der Waals surface area (Å²) in [6, 6.07) is 6.97. The van der Waals surface area contributed by atoms with Crippen LogP contribution >= 0.6 is 0 Å². The maximum atomic E-state index is 12.0. The van der Waals surface area contributed by atoms with Gasteiger partial charge in [-0.25, -0.2) is 0 Å². The molecule has 1 aromatic carbocycles. The molecule has 0 atom stereocenters. The number of nitrogens with zero attached hydrogens (tertiary/aromatic N) is 1. The first kappa shape index (κ1) is 14.5. The summed E-state index contributed by atoms with van der Waals surface area (Å²) in [6.45, 7) is 1.49. The van der Waals surface area contributed by atoms with Crippen LogP contribution in [-0.4, -0.2) is 29.6 Å². The maximum absolute atomic E-state index is 12.0. The zero-order valence-electron chi connectivity index (χ0n) is 11.8. The van der Waals surface area contributed by atoms with Gasteiger partial charge in [-0.05, 0) is 49.9 Å². The van der Waals surface area contributed by atoms with E-state index >= 15 is 0 Å². The van der Waals surface area contributed by atoms with Gasteiger partial charge >= 0.3 is 0 Å².